The molecule has 2 rings (SSSR count). The zero-order valence-electron chi connectivity index (χ0n) is 13.8. The molecule has 0 aliphatic rings. The van der Waals surface area contributed by atoms with E-state index in [1.54, 1.807) is 36.4 Å². The van der Waals surface area contributed by atoms with Crippen LogP contribution in [0, 0.1) is 5.92 Å². The van der Waals surface area contributed by atoms with Gasteiger partial charge in [0.25, 0.3) is 0 Å². The van der Waals surface area contributed by atoms with Crippen LogP contribution < -0.4 is 15.8 Å². The van der Waals surface area contributed by atoms with Crippen molar-refractivity contribution in [3.8, 4) is 11.6 Å². The molecule has 0 bridgehead atoms. The summed E-state index contributed by atoms with van der Waals surface area (Å²) in [4.78, 5) is 27.4. The van der Waals surface area contributed by atoms with Crippen LogP contribution in [0.1, 0.15) is 37.0 Å². The van der Waals surface area contributed by atoms with Gasteiger partial charge in [-0.1, -0.05) is 19.9 Å². The fourth-order valence-corrected chi connectivity index (χ4v) is 2.25. The topological polar surface area (TPSA) is 94.3 Å². The van der Waals surface area contributed by atoms with Gasteiger partial charge in [-0.3, -0.25) is 9.59 Å². The predicted molar refractivity (Wildman–Crippen MR) is 92.0 cm³/mol. The van der Waals surface area contributed by atoms with Crippen LogP contribution in [0.3, 0.4) is 0 Å². The number of nitrogens with two attached hydrogens (primary N) is 1. The summed E-state index contributed by atoms with van der Waals surface area (Å²) in [7, 11) is 0. The number of rotatable bonds is 7. The Hall–Kier alpha value is -2.89. The largest absolute Gasteiger partial charge is 0.439 e. The highest BCUT2D eigenvalue weighted by Gasteiger charge is 2.14. The molecule has 0 fully saturated rings. The molecule has 0 saturated carbocycles. The van der Waals surface area contributed by atoms with E-state index in [0.717, 1.165) is 12.8 Å². The number of aromatic nitrogens is 1. The maximum Gasteiger partial charge on any atom is 0.248 e. The van der Waals surface area contributed by atoms with Crippen LogP contribution in [0.25, 0.3) is 0 Å². The average Bonchev–Trinajstić information content (AvgIpc) is 2.58. The van der Waals surface area contributed by atoms with E-state index in [2.05, 4.69) is 10.3 Å². The second kappa shape index (κ2) is 8.10. The van der Waals surface area contributed by atoms with E-state index in [0.29, 0.717) is 22.9 Å². The quantitative estimate of drug-likeness (QED) is 0.815. The van der Waals surface area contributed by atoms with Crippen molar-refractivity contribution >= 4 is 17.5 Å². The third-order valence-corrected chi connectivity index (χ3v) is 3.70. The van der Waals surface area contributed by atoms with E-state index in [9.17, 15) is 9.59 Å². The van der Waals surface area contributed by atoms with Gasteiger partial charge in [-0.25, -0.2) is 4.98 Å². The summed E-state index contributed by atoms with van der Waals surface area (Å²) >= 11 is 0. The van der Waals surface area contributed by atoms with Crippen LogP contribution >= 0.6 is 0 Å². The molecule has 0 saturated heterocycles. The Bertz CT molecular complexity index is 710. The van der Waals surface area contributed by atoms with Crippen molar-refractivity contribution in [1.29, 1.82) is 0 Å². The van der Waals surface area contributed by atoms with Gasteiger partial charge in [0.1, 0.15) is 5.75 Å². The summed E-state index contributed by atoms with van der Waals surface area (Å²) in [5.41, 5.74) is 6.22. The first kappa shape index (κ1) is 17.5. The van der Waals surface area contributed by atoms with Gasteiger partial charge in [0.15, 0.2) is 0 Å². The second-order valence-electron chi connectivity index (χ2n) is 5.38. The van der Waals surface area contributed by atoms with Gasteiger partial charge < -0.3 is 15.8 Å². The van der Waals surface area contributed by atoms with E-state index >= 15 is 0 Å². The Morgan fingerprint density at radius 3 is 2.54 bits per heavy atom. The lowest BCUT2D eigenvalue weighted by Crippen LogP contribution is -2.21. The highest BCUT2D eigenvalue weighted by atomic mass is 16.5. The van der Waals surface area contributed by atoms with Crippen LogP contribution in [-0.2, 0) is 4.79 Å². The van der Waals surface area contributed by atoms with Gasteiger partial charge in [-0.05, 0) is 37.1 Å². The highest BCUT2D eigenvalue weighted by molar-refractivity contribution is 5.93. The number of primary amides is 1. The summed E-state index contributed by atoms with van der Waals surface area (Å²) in [5, 5.41) is 2.84. The molecule has 1 heterocycles. The van der Waals surface area contributed by atoms with Gasteiger partial charge in [0, 0.05) is 17.5 Å². The molecule has 2 amide bonds. The number of nitrogens with zero attached hydrogens (tertiary/aromatic N) is 1. The highest BCUT2D eigenvalue weighted by Crippen LogP contribution is 2.22. The fraction of sp³-hybridized carbons (Fsp3) is 0.278. The molecular formula is C18H21N3O3. The van der Waals surface area contributed by atoms with E-state index in [-0.39, 0.29) is 11.8 Å². The number of hydrogen-bond acceptors (Lipinski definition) is 4. The molecular weight excluding hydrogens is 306 g/mol. The molecule has 1 aromatic carbocycles. The summed E-state index contributed by atoms with van der Waals surface area (Å²) in [6.07, 6.45) is 3.13. The van der Waals surface area contributed by atoms with Crippen molar-refractivity contribution in [1.82, 2.24) is 4.98 Å². The molecule has 0 atom stereocenters. The van der Waals surface area contributed by atoms with Crippen molar-refractivity contribution in [2.45, 2.75) is 26.7 Å². The van der Waals surface area contributed by atoms with Crippen molar-refractivity contribution in [3.05, 3.63) is 48.2 Å². The average molecular weight is 327 g/mol. The van der Waals surface area contributed by atoms with Gasteiger partial charge in [0.05, 0.1) is 11.9 Å². The van der Waals surface area contributed by atoms with Crippen LogP contribution in [0.2, 0.25) is 0 Å². The number of hydrogen-bond donors (Lipinski definition) is 2. The minimum absolute atomic E-state index is 0.00235. The fourth-order valence-electron chi connectivity index (χ4n) is 2.25. The minimum atomic E-state index is -0.520. The first-order valence-electron chi connectivity index (χ1n) is 7.88. The van der Waals surface area contributed by atoms with Gasteiger partial charge in [0.2, 0.25) is 17.7 Å². The van der Waals surface area contributed by atoms with Crippen molar-refractivity contribution in [3.63, 3.8) is 0 Å². The summed E-state index contributed by atoms with van der Waals surface area (Å²) in [6, 6.07) is 9.92. The van der Waals surface area contributed by atoms with Crippen LogP contribution in [-0.4, -0.2) is 16.8 Å². The Labute approximate surface area is 141 Å². The molecule has 1 aromatic heterocycles. The molecule has 6 nitrogen and oxygen atoms in total. The molecule has 0 spiro atoms. The number of amides is 2. The maximum atomic E-state index is 12.0. The standard InChI is InChI=1S/C18H21N3O3/c1-3-12(4-2)18(23)21-14-8-9-16(20-11-14)24-15-7-5-6-13(10-15)17(19)22/h5-12H,3-4H2,1-2H3,(H2,19,22)(H,21,23). The number of carbonyl (C=O) groups excluding carboxylic acids is 2. The number of ether oxygens (including phenoxy) is 1. The first-order valence-corrected chi connectivity index (χ1v) is 7.88. The summed E-state index contributed by atoms with van der Waals surface area (Å²) in [6.45, 7) is 3.98. The summed E-state index contributed by atoms with van der Waals surface area (Å²) in [5.74, 6) is 0.291. The van der Waals surface area contributed by atoms with Gasteiger partial charge in [-0.15, -0.1) is 0 Å². The lowest BCUT2D eigenvalue weighted by molar-refractivity contribution is -0.120. The number of anilines is 1. The lowest BCUT2D eigenvalue weighted by atomic mass is 10.0. The number of carbonyl (C=O) groups is 2. The van der Waals surface area contributed by atoms with Crippen LogP contribution in [0.5, 0.6) is 11.6 Å². The van der Waals surface area contributed by atoms with Gasteiger partial charge in [-0.2, -0.15) is 0 Å². The third-order valence-electron chi connectivity index (χ3n) is 3.70. The first-order chi connectivity index (χ1) is 11.5. The SMILES string of the molecule is CCC(CC)C(=O)Nc1ccc(Oc2cccc(C(N)=O)c2)nc1. The zero-order valence-corrected chi connectivity index (χ0v) is 13.8. The maximum absolute atomic E-state index is 12.0. The normalized spacial score (nSPS) is 10.5. The Morgan fingerprint density at radius 1 is 1.21 bits per heavy atom. The molecule has 126 valence electrons. The van der Waals surface area contributed by atoms with Crippen molar-refractivity contribution < 1.29 is 14.3 Å². The Morgan fingerprint density at radius 2 is 1.96 bits per heavy atom. The molecule has 24 heavy (non-hydrogen) atoms. The second-order valence-corrected chi connectivity index (χ2v) is 5.38. The Kier molecular flexibility index (Phi) is 5.89. The minimum Gasteiger partial charge on any atom is -0.439 e. The van der Waals surface area contributed by atoms with Crippen molar-refractivity contribution in [2.75, 3.05) is 5.32 Å². The van der Waals surface area contributed by atoms with E-state index < -0.39 is 5.91 Å². The smallest absolute Gasteiger partial charge is 0.248 e. The lowest BCUT2D eigenvalue weighted by Gasteiger charge is -2.12. The molecule has 0 aliphatic heterocycles. The predicted octanol–water partition coefficient (Wildman–Crippen LogP) is 3.35. The van der Waals surface area contributed by atoms with Crippen LogP contribution in [0.4, 0.5) is 5.69 Å². The monoisotopic (exact) mass is 327 g/mol. The third kappa shape index (κ3) is 4.55. The molecule has 0 radical (unpaired) electrons. The molecule has 3 N–H and O–H groups in total. The zero-order chi connectivity index (χ0) is 17.5. The van der Waals surface area contributed by atoms with Crippen molar-refractivity contribution in [2.24, 2.45) is 11.7 Å². The molecule has 0 aliphatic carbocycles. The number of pyridine rings is 1. The van der Waals surface area contributed by atoms with E-state index in [4.69, 9.17) is 10.5 Å². The Balaban J connectivity index is 2.03. The number of nitrogens with one attached hydrogen (secondary N) is 1. The van der Waals surface area contributed by atoms with E-state index in [1.807, 2.05) is 13.8 Å². The molecule has 2 aromatic rings. The number of benzene rings is 1. The summed E-state index contributed by atoms with van der Waals surface area (Å²) < 4.78 is 5.59. The molecule has 6 heteroatoms. The van der Waals surface area contributed by atoms with E-state index in [1.165, 1.54) is 6.20 Å². The van der Waals surface area contributed by atoms with Crippen LogP contribution in [0.15, 0.2) is 42.6 Å². The van der Waals surface area contributed by atoms with Gasteiger partial charge >= 0.3 is 0 Å². The molecule has 0 unspecified atom stereocenters.